The van der Waals surface area contributed by atoms with Gasteiger partial charge in [0, 0.05) is 19.4 Å². The average molecular weight is 274 g/mol. The molecule has 18 heavy (non-hydrogen) atoms. The predicted molar refractivity (Wildman–Crippen MR) is 66.8 cm³/mol. The maximum atomic E-state index is 10.7. The molecule has 2 aliphatic rings. The van der Waals surface area contributed by atoms with E-state index in [9.17, 15) is 9.59 Å². The molecule has 0 amide bonds. The summed E-state index contributed by atoms with van der Waals surface area (Å²) in [5, 5.41) is 0. The number of hydrogen-bond donors (Lipinski definition) is 1. The molecule has 0 aromatic carbocycles. The van der Waals surface area contributed by atoms with Crippen LogP contribution in [0.25, 0.3) is 0 Å². The number of ether oxygens (including phenoxy) is 1. The summed E-state index contributed by atoms with van der Waals surface area (Å²) < 4.78 is 16.2. The molecule has 0 spiro atoms. The minimum atomic E-state index is -3.11. The average Bonchev–Trinajstić information content (AvgIpc) is 2.52. The maximum Gasteiger partial charge on any atom is 0.501 e. The summed E-state index contributed by atoms with van der Waals surface area (Å²) in [5.74, 6) is 0.0877. The van der Waals surface area contributed by atoms with E-state index in [1.54, 1.807) is 0 Å². The molecule has 1 aliphatic carbocycles. The minimum Gasteiger partial charge on any atom is -0.466 e. The molecule has 2 rings (SSSR count). The van der Waals surface area contributed by atoms with E-state index in [0.717, 1.165) is 19.3 Å². The minimum absolute atomic E-state index is 0.134. The first-order valence-corrected chi connectivity index (χ1v) is 8.74. The molecule has 3 atom stereocenters. The fourth-order valence-electron chi connectivity index (χ4n) is 2.66. The normalized spacial score (nSPS) is 36.6. The highest BCUT2D eigenvalue weighted by Crippen LogP contribution is 2.33. The maximum absolute atomic E-state index is 10.7. The van der Waals surface area contributed by atoms with E-state index in [1.807, 2.05) is 0 Å². The van der Waals surface area contributed by atoms with Gasteiger partial charge in [-0.25, -0.2) is 0 Å². The molecule has 1 heterocycles. The van der Waals surface area contributed by atoms with Crippen LogP contribution in [0.3, 0.4) is 0 Å². The number of esters is 1. The van der Waals surface area contributed by atoms with Gasteiger partial charge in [0.2, 0.25) is 0 Å². The lowest BCUT2D eigenvalue weighted by atomic mass is 9.99. The lowest BCUT2D eigenvalue weighted by Gasteiger charge is -2.38. The van der Waals surface area contributed by atoms with Gasteiger partial charge in [0.05, 0.1) is 18.8 Å². The first-order valence-electron chi connectivity index (χ1n) is 6.76. The van der Waals surface area contributed by atoms with Crippen molar-refractivity contribution < 1.29 is 23.2 Å². The summed E-state index contributed by atoms with van der Waals surface area (Å²) in [6.07, 6.45) is 5.90. The molecule has 1 aliphatic heterocycles. The molecule has 104 valence electrons. The molecular formula is C12H22O5Si. The highest BCUT2D eigenvalue weighted by atomic mass is 28.4. The second-order valence-electron chi connectivity index (χ2n) is 5.17. The van der Waals surface area contributed by atoms with Gasteiger partial charge >= 0.3 is 14.8 Å². The Morgan fingerprint density at radius 1 is 1.39 bits per heavy atom. The first-order chi connectivity index (χ1) is 8.59. The van der Waals surface area contributed by atoms with Crippen molar-refractivity contribution in [3.05, 3.63) is 0 Å². The van der Waals surface area contributed by atoms with E-state index in [2.05, 4.69) is 0 Å². The molecule has 1 saturated heterocycles. The van der Waals surface area contributed by atoms with Crippen molar-refractivity contribution in [2.24, 2.45) is 5.92 Å². The highest BCUT2D eigenvalue weighted by molar-refractivity contribution is 6.59. The van der Waals surface area contributed by atoms with Crippen LogP contribution >= 0.6 is 0 Å². The van der Waals surface area contributed by atoms with Gasteiger partial charge in [-0.3, -0.25) is 4.79 Å². The second-order valence-corrected chi connectivity index (χ2v) is 7.62. The van der Waals surface area contributed by atoms with Crippen molar-refractivity contribution >= 4 is 14.8 Å². The lowest BCUT2D eigenvalue weighted by Crippen LogP contribution is -2.54. The number of fused-ring (bicyclic) bond motifs is 1. The zero-order valence-corrected chi connectivity index (χ0v) is 11.9. The topological polar surface area (TPSA) is 65.0 Å². The summed E-state index contributed by atoms with van der Waals surface area (Å²) in [6.45, 7) is 2.12. The SMILES string of the molecule is CC(=O)OCC[Si]1(O)OCC2CCCCCC2O1. The van der Waals surface area contributed by atoms with Crippen LogP contribution in [0.15, 0.2) is 0 Å². The Hall–Kier alpha value is -0.433. The Bertz CT molecular complexity index is 298. The predicted octanol–water partition coefficient (Wildman–Crippen LogP) is 1.48. The molecule has 1 saturated carbocycles. The van der Waals surface area contributed by atoms with E-state index in [1.165, 1.54) is 19.8 Å². The number of carbonyl (C=O) groups excluding carboxylic acids is 1. The molecule has 1 N–H and O–H groups in total. The standard InChI is InChI=1S/C12H22O5Si/c1-10(13)15-7-8-18(14)16-9-11-5-3-2-4-6-12(11)17-18/h11-12,14H,2-9H2,1H3. The van der Waals surface area contributed by atoms with Gasteiger partial charge < -0.3 is 18.4 Å². The summed E-state index contributed by atoms with van der Waals surface area (Å²) in [6, 6.07) is 0.301. The van der Waals surface area contributed by atoms with Gasteiger partial charge in [0.25, 0.3) is 0 Å². The molecule has 5 nitrogen and oxygen atoms in total. The largest absolute Gasteiger partial charge is 0.501 e. The van der Waals surface area contributed by atoms with Gasteiger partial charge in [-0.1, -0.05) is 19.3 Å². The van der Waals surface area contributed by atoms with Crippen molar-refractivity contribution in [3.63, 3.8) is 0 Å². The molecule has 0 radical (unpaired) electrons. The molecule has 2 fully saturated rings. The van der Waals surface area contributed by atoms with E-state index < -0.39 is 8.80 Å². The van der Waals surface area contributed by atoms with E-state index in [4.69, 9.17) is 13.6 Å². The van der Waals surface area contributed by atoms with Gasteiger partial charge in [-0.05, 0) is 12.8 Å². The lowest BCUT2D eigenvalue weighted by molar-refractivity contribution is -0.140. The van der Waals surface area contributed by atoms with Crippen molar-refractivity contribution in [2.75, 3.05) is 13.2 Å². The number of carbonyl (C=O) groups is 1. The smallest absolute Gasteiger partial charge is 0.466 e. The van der Waals surface area contributed by atoms with Crippen LogP contribution in [-0.2, 0) is 18.4 Å². The van der Waals surface area contributed by atoms with E-state index >= 15 is 0 Å². The van der Waals surface area contributed by atoms with Crippen LogP contribution in [-0.4, -0.2) is 38.9 Å². The summed E-state index contributed by atoms with van der Waals surface area (Å²) in [4.78, 5) is 21.0. The third-order valence-corrected chi connectivity index (χ3v) is 5.80. The number of rotatable bonds is 3. The molecular weight excluding hydrogens is 252 g/mol. The van der Waals surface area contributed by atoms with Gasteiger partial charge in [0.15, 0.2) is 0 Å². The molecule has 0 aromatic rings. The third-order valence-electron chi connectivity index (χ3n) is 3.67. The van der Waals surface area contributed by atoms with Gasteiger partial charge in [-0.15, -0.1) is 0 Å². The van der Waals surface area contributed by atoms with Crippen LogP contribution in [0.2, 0.25) is 6.04 Å². The van der Waals surface area contributed by atoms with Gasteiger partial charge in [0.1, 0.15) is 0 Å². The second kappa shape index (κ2) is 6.14. The Morgan fingerprint density at radius 3 is 2.94 bits per heavy atom. The molecule has 6 heteroatoms. The Kier molecular flexibility index (Phi) is 4.77. The monoisotopic (exact) mass is 274 g/mol. The van der Waals surface area contributed by atoms with Crippen LogP contribution in [0, 0.1) is 5.92 Å². The van der Waals surface area contributed by atoms with Crippen molar-refractivity contribution in [3.8, 4) is 0 Å². The Balaban J connectivity index is 1.85. The fourth-order valence-corrected chi connectivity index (χ4v) is 4.61. The first kappa shape index (κ1) is 14.0. The quantitative estimate of drug-likeness (QED) is 0.624. The zero-order chi connectivity index (χ0) is 13.0. The van der Waals surface area contributed by atoms with Crippen LogP contribution in [0.5, 0.6) is 0 Å². The van der Waals surface area contributed by atoms with E-state index in [0.29, 0.717) is 18.6 Å². The Labute approximate surface area is 109 Å². The summed E-state index contributed by atoms with van der Waals surface area (Å²) in [5.41, 5.74) is 0. The highest BCUT2D eigenvalue weighted by Gasteiger charge is 2.46. The van der Waals surface area contributed by atoms with E-state index in [-0.39, 0.29) is 18.7 Å². The van der Waals surface area contributed by atoms with Crippen LogP contribution in [0.4, 0.5) is 0 Å². The fraction of sp³-hybridized carbons (Fsp3) is 0.917. The van der Waals surface area contributed by atoms with Crippen LogP contribution < -0.4 is 0 Å². The van der Waals surface area contributed by atoms with Crippen molar-refractivity contribution in [2.45, 2.75) is 51.2 Å². The van der Waals surface area contributed by atoms with Crippen molar-refractivity contribution in [1.82, 2.24) is 0 Å². The van der Waals surface area contributed by atoms with Gasteiger partial charge in [-0.2, -0.15) is 0 Å². The van der Waals surface area contributed by atoms with Crippen molar-refractivity contribution in [1.29, 1.82) is 0 Å². The molecule has 0 aromatic heterocycles. The molecule has 0 bridgehead atoms. The van der Waals surface area contributed by atoms with Crippen LogP contribution in [0.1, 0.15) is 39.0 Å². The summed E-state index contributed by atoms with van der Waals surface area (Å²) in [7, 11) is -3.11. The Morgan fingerprint density at radius 2 is 2.17 bits per heavy atom. The zero-order valence-electron chi connectivity index (χ0n) is 10.9. The third kappa shape index (κ3) is 3.78. The summed E-state index contributed by atoms with van der Waals surface area (Å²) >= 11 is 0. The molecule has 3 unspecified atom stereocenters. The number of hydrogen-bond acceptors (Lipinski definition) is 5.